The van der Waals surface area contributed by atoms with Crippen molar-refractivity contribution in [2.45, 2.75) is 53.0 Å². The summed E-state index contributed by atoms with van der Waals surface area (Å²) in [6.45, 7) is 13.2. The number of aromatic nitrogens is 2. The molecule has 1 aromatic rings. The summed E-state index contributed by atoms with van der Waals surface area (Å²) < 4.78 is 1.92. The summed E-state index contributed by atoms with van der Waals surface area (Å²) in [6.07, 6.45) is 3.36. The minimum atomic E-state index is 0.121. The Morgan fingerprint density at radius 3 is 2.53 bits per heavy atom. The Hall–Kier alpha value is -0.830. The molecule has 0 aliphatic rings. The number of nitrogens with one attached hydrogen (secondary N) is 1. The summed E-state index contributed by atoms with van der Waals surface area (Å²) in [6, 6.07) is 0. The lowest BCUT2D eigenvalue weighted by molar-refractivity contribution is 0.524. The van der Waals surface area contributed by atoms with Crippen LogP contribution in [0.15, 0.2) is 6.20 Å². The van der Waals surface area contributed by atoms with Crippen molar-refractivity contribution in [1.29, 1.82) is 0 Å². The van der Waals surface area contributed by atoms with Crippen LogP contribution in [-0.2, 0) is 19.0 Å². The normalized spacial score (nSPS) is 12.4. The maximum Gasteiger partial charge on any atom is 0.0722 e. The summed E-state index contributed by atoms with van der Waals surface area (Å²) in [5.41, 5.74) is 2.65. The van der Waals surface area contributed by atoms with E-state index in [-0.39, 0.29) is 5.41 Å². The largest absolute Gasteiger partial charge is 0.313 e. The molecule has 0 radical (unpaired) electrons. The van der Waals surface area contributed by atoms with Crippen LogP contribution in [0, 0.1) is 5.92 Å². The van der Waals surface area contributed by atoms with E-state index in [2.05, 4.69) is 51.2 Å². The van der Waals surface area contributed by atoms with Crippen molar-refractivity contribution < 1.29 is 0 Å². The quantitative estimate of drug-likeness (QED) is 0.798. The maximum absolute atomic E-state index is 4.57. The van der Waals surface area contributed by atoms with E-state index in [0.717, 1.165) is 19.0 Å². The third-order valence-electron chi connectivity index (χ3n) is 2.83. The van der Waals surface area contributed by atoms with Gasteiger partial charge in [0, 0.05) is 30.8 Å². The molecule has 0 saturated heterocycles. The zero-order valence-electron chi connectivity index (χ0n) is 12.2. The van der Waals surface area contributed by atoms with Gasteiger partial charge in [0.25, 0.3) is 0 Å². The van der Waals surface area contributed by atoms with Crippen molar-refractivity contribution in [3.8, 4) is 0 Å². The SMILES string of the molecule is CC(C)CCNCc1cn(C)nc1C(C)(C)C. The average Bonchev–Trinajstić information content (AvgIpc) is 2.53. The van der Waals surface area contributed by atoms with E-state index in [4.69, 9.17) is 0 Å². The molecule has 0 aliphatic carbocycles. The van der Waals surface area contributed by atoms with Crippen molar-refractivity contribution in [2.24, 2.45) is 13.0 Å². The van der Waals surface area contributed by atoms with Gasteiger partial charge in [0.2, 0.25) is 0 Å². The Morgan fingerprint density at radius 2 is 2.00 bits per heavy atom. The maximum atomic E-state index is 4.57. The molecule has 0 atom stereocenters. The zero-order chi connectivity index (χ0) is 13.1. The molecule has 0 unspecified atom stereocenters. The van der Waals surface area contributed by atoms with Crippen LogP contribution in [-0.4, -0.2) is 16.3 Å². The molecule has 0 aromatic carbocycles. The van der Waals surface area contributed by atoms with E-state index >= 15 is 0 Å². The standard InChI is InChI=1S/C14H27N3/c1-11(2)7-8-15-9-12-10-17(6)16-13(12)14(3,4)5/h10-11,15H,7-9H2,1-6H3. The molecule has 0 spiro atoms. The molecule has 0 amide bonds. The van der Waals surface area contributed by atoms with Gasteiger partial charge in [-0.15, -0.1) is 0 Å². The number of aryl methyl sites for hydroxylation is 1. The number of nitrogens with zero attached hydrogens (tertiary/aromatic N) is 2. The minimum absolute atomic E-state index is 0.121. The summed E-state index contributed by atoms with van der Waals surface area (Å²) in [4.78, 5) is 0. The van der Waals surface area contributed by atoms with Crippen LogP contribution in [0.1, 0.15) is 52.3 Å². The second-order valence-corrected chi connectivity index (χ2v) is 6.29. The van der Waals surface area contributed by atoms with E-state index in [1.807, 2.05) is 11.7 Å². The third-order valence-corrected chi connectivity index (χ3v) is 2.83. The zero-order valence-corrected chi connectivity index (χ0v) is 12.2. The van der Waals surface area contributed by atoms with Crippen LogP contribution >= 0.6 is 0 Å². The molecule has 3 nitrogen and oxygen atoms in total. The van der Waals surface area contributed by atoms with Gasteiger partial charge in [-0.1, -0.05) is 34.6 Å². The molecular formula is C14H27N3. The summed E-state index contributed by atoms with van der Waals surface area (Å²) >= 11 is 0. The van der Waals surface area contributed by atoms with Crippen molar-refractivity contribution in [3.05, 3.63) is 17.5 Å². The van der Waals surface area contributed by atoms with Gasteiger partial charge in [-0.3, -0.25) is 4.68 Å². The molecule has 1 N–H and O–H groups in total. The highest BCUT2D eigenvalue weighted by molar-refractivity contribution is 5.23. The van der Waals surface area contributed by atoms with Gasteiger partial charge in [-0.05, 0) is 18.9 Å². The summed E-state index contributed by atoms with van der Waals surface area (Å²) in [5, 5.41) is 8.08. The first-order valence-corrected chi connectivity index (χ1v) is 6.54. The molecule has 0 bridgehead atoms. The Balaban J connectivity index is 2.59. The lowest BCUT2D eigenvalue weighted by Gasteiger charge is -2.17. The molecule has 1 heterocycles. The summed E-state index contributed by atoms with van der Waals surface area (Å²) in [5.74, 6) is 0.762. The Bertz CT molecular complexity index is 345. The predicted molar refractivity (Wildman–Crippen MR) is 73.1 cm³/mol. The molecule has 1 aromatic heterocycles. The minimum Gasteiger partial charge on any atom is -0.313 e. The van der Waals surface area contributed by atoms with Gasteiger partial charge in [0.15, 0.2) is 0 Å². The second kappa shape index (κ2) is 5.67. The Kier molecular flexibility index (Phi) is 4.75. The highest BCUT2D eigenvalue weighted by Crippen LogP contribution is 2.23. The fourth-order valence-electron chi connectivity index (χ4n) is 1.91. The van der Waals surface area contributed by atoms with Gasteiger partial charge in [-0.2, -0.15) is 5.10 Å². The van der Waals surface area contributed by atoms with Crippen molar-refractivity contribution in [1.82, 2.24) is 15.1 Å². The Labute approximate surface area is 106 Å². The number of hydrogen-bond acceptors (Lipinski definition) is 2. The van der Waals surface area contributed by atoms with Crippen molar-refractivity contribution in [3.63, 3.8) is 0 Å². The van der Waals surface area contributed by atoms with Gasteiger partial charge >= 0.3 is 0 Å². The predicted octanol–water partition coefficient (Wildman–Crippen LogP) is 2.85. The third kappa shape index (κ3) is 4.50. The number of rotatable bonds is 5. The number of hydrogen-bond donors (Lipinski definition) is 1. The van der Waals surface area contributed by atoms with Crippen LogP contribution in [0.2, 0.25) is 0 Å². The molecule has 98 valence electrons. The molecule has 17 heavy (non-hydrogen) atoms. The van der Waals surface area contributed by atoms with Gasteiger partial charge in [0.1, 0.15) is 0 Å². The van der Waals surface area contributed by atoms with E-state index < -0.39 is 0 Å². The highest BCUT2D eigenvalue weighted by Gasteiger charge is 2.21. The fraction of sp³-hybridized carbons (Fsp3) is 0.786. The lowest BCUT2D eigenvalue weighted by Crippen LogP contribution is -2.20. The van der Waals surface area contributed by atoms with Crippen molar-refractivity contribution in [2.75, 3.05) is 6.54 Å². The smallest absolute Gasteiger partial charge is 0.0722 e. The first-order chi connectivity index (χ1) is 7.80. The molecule has 0 saturated carbocycles. The fourth-order valence-corrected chi connectivity index (χ4v) is 1.91. The van der Waals surface area contributed by atoms with Crippen molar-refractivity contribution >= 4 is 0 Å². The molecular weight excluding hydrogens is 210 g/mol. The van der Waals surface area contributed by atoms with E-state index in [1.54, 1.807) is 0 Å². The van der Waals surface area contributed by atoms with Gasteiger partial charge in [-0.25, -0.2) is 0 Å². The monoisotopic (exact) mass is 237 g/mol. The summed E-state index contributed by atoms with van der Waals surface area (Å²) in [7, 11) is 1.99. The van der Waals surface area contributed by atoms with Crippen LogP contribution in [0.25, 0.3) is 0 Å². The lowest BCUT2D eigenvalue weighted by atomic mass is 9.89. The second-order valence-electron chi connectivity index (χ2n) is 6.29. The van der Waals surface area contributed by atoms with Crippen LogP contribution in [0.3, 0.4) is 0 Å². The first kappa shape index (κ1) is 14.2. The van der Waals surface area contributed by atoms with Gasteiger partial charge in [0.05, 0.1) is 5.69 Å². The molecule has 3 heteroatoms. The average molecular weight is 237 g/mol. The molecule has 0 aliphatic heterocycles. The topological polar surface area (TPSA) is 29.9 Å². The Morgan fingerprint density at radius 1 is 1.35 bits per heavy atom. The van der Waals surface area contributed by atoms with E-state index in [9.17, 15) is 0 Å². The first-order valence-electron chi connectivity index (χ1n) is 6.54. The van der Waals surface area contributed by atoms with E-state index in [0.29, 0.717) is 0 Å². The van der Waals surface area contributed by atoms with E-state index in [1.165, 1.54) is 17.7 Å². The van der Waals surface area contributed by atoms with Crippen LogP contribution in [0.5, 0.6) is 0 Å². The molecule has 1 rings (SSSR count). The van der Waals surface area contributed by atoms with Gasteiger partial charge < -0.3 is 5.32 Å². The van der Waals surface area contributed by atoms with Crippen LogP contribution < -0.4 is 5.32 Å². The molecule has 0 fully saturated rings. The highest BCUT2D eigenvalue weighted by atomic mass is 15.3. The van der Waals surface area contributed by atoms with Crippen LogP contribution in [0.4, 0.5) is 0 Å².